The van der Waals surface area contributed by atoms with Crippen LogP contribution in [0.4, 0.5) is 0 Å². The van der Waals surface area contributed by atoms with E-state index in [2.05, 4.69) is 22.4 Å². The van der Waals surface area contributed by atoms with Gasteiger partial charge in [0.15, 0.2) is 5.82 Å². The quantitative estimate of drug-likeness (QED) is 0.786. The van der Waals surface area contributed by atoms with Crippen LogP contribution in [-0.4, -0.2) is 36.9 Å². The van der Waals surface area contributed by atoms with E-state index in [1.807, 2.05) is 0 Å². The largest absolute Gasteiger partial charge is 0.384 e. The minimum atomic E-state index is 0.0122. The Balaban J connectivity index is 2.05. The molecule has 0 spiro atoms. The SMILES string of the molecule is COCCc1noc(C2(C)CCNC2)n1. The predicted octanol–water partition coefficient (Wildman–Crippen LogP) is 0.510. The van der Waals surface area contributed by atoms with E-state index in [9.17, 15) is 0 Å². The van der Waals surface area contributed by atoms with Gasteiger partial charge in [-0.1, -0.05) is 5.16 Å². The lowest BCUT2D eigenvalue weighted by molar-refractivity contribution is 0.199. The molecule has 1 fully saturated rings. The third kappa shape index (κ3) is 2.18. The summed E-state index contributed by atoms with van der Waals surface area (Å²) in [6.45, 7) is 4.72. The first-order valence-corrected chi connectivity index (χ1v) is 5.27. The molecule has 1 aliphatic rings. The maximum absolute atomic E-state index is 5.29. The van der Waals surface area contributed by atoms with Crippen molar-refractivity contribution < 1.29 is 9.26 Å². The lowest BCUT2D eigenvalue weighted by Crippen LogP contribution is -2.25. The molecule has 1 aliphatic heterocycles. The van der Waals surface area contributed by atoms with Gasteiger partial charge in [-0.05, 0) is 19.9 Å². The summed E-state index contributed by atoms with van der Waals surface area (Å²) in [4.78, 5) is 4.40. The van der Waals surface area contributed by atoms with E-state index in [4.69, 9.17) is 9.26 Å². The predicted molar refractivity (Wildman–Crippen MR) is 54.7 cm³/mol. The summed E-state index contributed by atoms with van der Waals surface area (Å²) in [5.41, 5.74) is 0.0122. The van der Waals surface area contributed by atoms with E-state index < -0.39 is 0 Å². The second-order valence-corrected chi connectivity index (χ2v) is 4.25. The first-order valence-electron chi connectivity index (χ1n) is 5.27. The van der Waals surface area contributed by atoms with Crippen LogP contribution in [0.5, 0.6) is 0 Å². The van der Waals surface area contributed by atoms with E-state index in [0.29, 0.717) is 13.0 Å². The molecular formula is C10H17N3O2. The minimum Gasteiger partial charge on any atom is -0.384 e. The van der Waals surface area contributed by atoms with Crippen LogP contribution in [0.15, 0.2) is 4.52 Å². The van der Waals surface area contributed by atoms with Gasteiger partial charge in [-0.25, -0.2) is 0 Å². The molecule has 5 heteroatoms. The summed E-state index contributed by atoms with van der Waals surface area (Å²) in [6, 6.07) is 0. The number of methoxy groups -OCH3 is 1. The Kier molecular flexibility index (Phi) is 3.02. The maximum atomic E-state index is 5.29. The molecule has 0 aromatic carbocycles. The second-order valence-electron chi connectivity index (χ2n) is 4.25. The van der Waals surface area contributed by atoms with Gasteiger partial charge in [-0.15, -0.1) is 0 Å². The molecule has 5 nitrogen and oxygen atoms in total. The molecule has 0 saturated carbocycles. The number of hydrogen-bond acceptors (Lipinski definition) is 5. The van der Waals surface area contributed by atoms with Gasteiger partial charge in [-0.2, -0.15) is 4.98 Å². The first kappa shape index (κ1) is 10.6. The Morgan fingerprint density at radius 2 is 2.47 bits per heavy atom. The third-order valence-corrected chi connectivity index (χ3v) is 2.88. The van der Waals surface area contributed by atoms with Gasteiger partial charge < -0.3 is 14.6 Å². The molecule has 0 bridgehead atoms. The molecule has 1 aromatic heterocycles. The average Bonchev–Trinajstić information content (AvgIpc) is 2.84. The molecule has 1 atom stereocenters. The highest BCUT2D eigenvalue weighted by Gasteiger charge is 2.35. The molecule has 15 heavy (non-hydrogen) atoms. The summed E-state index contributed by atoms with van der Waals surface area (Å²) < 4.78 is 10.3. The van der Waals surface area contributed by atoms with Crippen molar-refractivity contribution in [3.05, 3.63) is 11.7 Å². The van der Waals surface area contributed by atoms with Gasteiger partial charge in [0.25, 0.3) is 0 Å². The molecule has 0 amide bonds. The molecular weight excluding hydrogens is 194 g/mol. The minimum absolute atomic E-state index is 0.0122. The van der Waals surface area contributed by atoms with Gasteiger partial charge in [0.1, 0.15) is 0 Å². The molecule has 2 heterocycles. The Morgan fingerprint density at radius 1 is 1.60 bits per heavy atom. The van der Waals surface area contributed by atoms with Crippen LogP contribution in [0.1, 0.15) is 25.1 Å². The summed E-state index contributed by atoms with van der Waals surface area (Å²) in [7, 11) is 1.67. The van der Waals surface area contributed by atoms with Gasteiger partial charge >= 0.3 is 0 Å². The highest BCUT2D eigenvalue weighted by atomic mass is 16.5. The number of hydrogen-bond donors (Lipinski definition) is 1. The van der Waals surface area contributed by atoms with Gasteiger partial charge in [0.05, 0.1) is 12.0 Å². The normalized spacial score (nSPS) is 26.0. The number of nitrogens with zero attached hydrogens (tertiary/aromatic N) is 2. The Hall–Kier alpha value is -0.940. The molecule has 2 rings (SSSR count). The van der Waals surface area contributed by atoms with E-state index in [1.165, 1.54) is 0 Å². The molecule has 0 radical (unpaired) electrons. The topological polar surface area (TPSA) is 60.2 Å². The van der Waals surface area contributed by atoms with E-state index >= 15 is 0 Å². The van der Waals surface area contributed by atoms with Crippen molar-refractivity contribution in [2.24, 2.45) is 0 Å². The standard InChI is InChI=1S/C10H17N3O2/c1-10(4-5-11-7-10)9-12-8(13-15-9)3-6-14-2/h11H,3-7H2,1-2H3. The fraction of sp³-hybridized carbons (Fsp3) is 0.800. The first-order chi connectivity index (χ1) is 7.24. The van der Waals surface area contributed by atoms with Crippen LogP contribution in [0.2, 0.25) is 0 Å². The van der Waals surface area contributed by atoms with Crippen LogP contribution in [0.25, 0.3) is 0 Å². The molecule has 0 aliphatic carbocycles. The summed E-state index contributed by atoms with van der Waals surface area (Å²) >= 11 is 0. The van der Waals surface area contributed by atoms with Gasteiger partial charge in [0.2, 0.25) is 5.89 Å². The Morgan fingerprint density at radius 3 is 3.13 bits per heavy atom. The van der Waals surface area contributed by atoms with Crippen molar-refractivity contribution in [1.29, 1.82) is 0 Å². The van der Waals surface area contributed by atoms with Crippen molar-refractivity contribution in [1.82, 2.24) is 15.5 Å². The zero-order valence-electron chi connectivity index (χ0n) is 9.25. The van der Waals surface area contributed by atoms with Crippen LogP contribution in [0.3, 0.4) is 0 Å². The summed E-state index contributed by atoms with van der Waals surface area (Å²) in [5, 5.41) is 7.26. The highest BCUT2D eigenvalue weighted by molar-refractivity contribution is 5.07. The number of ether oxygens (including phenoxy) is 1. The summed E-state index contributed by atoms with van der Waals surface area (Å²) in [5.74, 6) is 1.48. The molecule has 1 N–H and O–H groups in total. The van der Waals surface area contributed by atoms with Crippen molar-refractivity contribution in [2.75, 3.05) is 26.8 Å². The van der Waals surface area contributed by atoms with Gasteiger partial charge in [0, 0.05) is 20.1 Å². The number of nitrogens with one attached hydrogen (secondary N) is 1. The van der Waals surface area contributed by atoms with E-state index in [-0.39, 0.29) is 5.41 Å². The number of rotatable bonds is 4. The smallest absolute Gasteiger partial charge is 0.233 e. The lowest BCUT2D eigenvalue weighted by atomic mass is 9.90. The van der Waals surface area contributed by atoms with E-state index in [1.54, 1.807) is 7.11 Å². The average molecular weight is 211 g/mol. The van der Waals surface area contributed by atoms with Crippen LogP contribution < -0.4 is 5.32 Å². The van der Waals surface area contributed by atoms with Crippen molar-refractivity contribution in [2.45, 2.75) is 25.2 Å². The second kappa shape index (κ2) is 4.28. The Labute approximate surface area is 89.2 Å². The van der Waals surface area contributed by atoms with Crippen molar-refractivity contribution in [3.8, 4) is 0 Å². The molecule has 1 aromatic rings. The fourth-order valence-electron chi connectivity index (χ4n) is 1.79. The third-order valence-electron chi connectivity index (χ3n) is 2.88. The maximum Gasteiger partial charge on any atom is 0.233 e. The van der Waals surface area contributed by atoms with Gasteiger partial charge in [-0.3, -0.25) is 0 Å². The van der Waals surface area contributed by atoms with Crippen LogP contribution in [0, 0.1) is 0 Å². The van der Waals surface area contributed by atoms with Crippen LogP contribution in [-0.2, 0) is 16.6 Å². The highest BCUT2D eigenvalue weighted by Crippen LogP contribution is 2.28. The monoisotopic (exact) mass is 211 g/mol. The van der Waals surface area contributed by atoms with Crippen molar-refractivity contribution >= 4 is 0 Å². The van der Waals surface area contributed by atoms with Crippen molar-refractivity contribution in [3.63, 3.8) is 0 Å². The molecule has 84 valence electrons. The van der Waals surface area contributed by atoms with Crippen LogP contribution >= 0.6 is 0 Å². The Bertz CT molecular complexity index is 318. The van der Waals surface area contributed by atoms with E-state index in [0.717, 1.165) is 31.2 Å². The zero-order valence-corrected chi connectivity index (χ0v) is 9.25. The molecule has 1 unspecified atom stereocenters. The summed E-state index contributed by atoms with van der Waals surface area (Å²) in [6.07, 6.45) is 1.77. The zero-order chi connectivity index (χ0) is 10.7. The molecule has 1 saturated heterocycles. The number of aromatic nitrogens is 2. The fourth-order valence-corrected chi connectivity index (χ4v) is 1.79. The lowest BCUT2D eigenvalue weighted by Gasteiger charge is -2.15.